The van der Waals surface area contributed by atoms with Gasteiger partial charge in [-0.1, -0.05) is 12.1 Å². The molecule has 0 amide bonds. The van der Waals surface area contributed by atoms with E-state index in [0.29, 0.717) is 17.5 Å². The van der Waals surface area contributed by atoms with Gasteiger partial charge < -0.3 is 15.0 Å². The van der Waals surface area contributed by atoms with Gasteiger partial charge in [-0.25, -0.2) is 13.4 Å². The van der Waals surface area contributed by atoms with Crippen molar-refractivity contribution in [3.63, 3.8) is 0 Å². The Bertz CT molecular complexity index is 1280. The molecule has 0 bridgehead atoms. The quantitative estimate of drug-likeness (QED) is 0.453. The van der Waals surface area contributed by atoms with E-state index in [4.69, 9.17) is 0 Å². The predicted octanol–water partition coefficient (Wildman–Crippen LogP) is 5.22. The molecule has 1 aromatic heterocycles. The van der Waals surface area contributed by atoms with E-state index in [1.54, 1.807) is 12.1 Å². The fourth-order valence-electron chi connectivity index (χ4n) is 3.71. The number of sulfonamides is 1. The maximum Gasteiger partial charge on any atom is 0.573 e. The van der Waals surface area contributed by atoms with Crippen LogP contribution in [-0.2, 0) is 10.0 Å². The fraction of sp³-hybridized carbons (Fsp3) is 0.304. The molecule has 12 heteroatoms. The van der Waals surface area contributed by atoms with Crippen molar-refractivity contribution in [2.45, 2.75) is 37.4 Å². The molecule has 8 nitrogen and oxygen atoms in total. The van der Waals surface area contributed by atoms with Crippen molar-refractivity contribution in [3.8, 4) is 5.75 Å². The molecule has 0 aliphatic carbocycles. The zero-order chi connectivity index (χ0) is 25.1. The SMILES string of the molecule is Cc1cc(Nc2ccc(NS(=O)(=O)c3ccccc3OC(F)(F)F)cc2)nc(N2CCCCC2)n1. The van der Waals surface area contributed by atoms with Crippen LogP contribution < -0.4 is 19.7 Å². The van der Waals surface area contributed by atoms with Gasteiger partial charge in [0.25, 0.3) is 10.0 Å². The average molecular weight is 508 g/mol. The number of ether oxygens (including phenoxy) is 1. The third kappa shape index (κ3) is 6.53. The van der Waals surface area contributed by atoms with Crippen molar-refractivity contribution >= 4 is 33.2 Å². The van der Waals surface area contributed by atoms with E-state index < -0.39 is 27.0 Å². The summed E-state index contributed by atoms with van der Waals surface area (Å²) in [5, 5.41) is 3.18. The van der Waals surface area contributed by atoms with E-state index in [-0.39, 0.29) is 5.69 Å². The standard InChI is InChI=1S/C23H24F3N5O3S/c1-16-15-21(29-22(27-16)31-13-5-2-6-14-31)28-17-9-11-18(12-10-17)30-35(32,33)20-8-4-3-7-19(20)34-23(24,25)26/h3-4,7-12,15,30H,2,5-6,13-14H2,1H3,(H,27,28,29). The molecular formula is C23H24F3N5O3S. The minimum Gasteiger partial charge on any atom is -0.404 e. The minimum absolute atomic E-state index is 0.172. The first kappa shape index (κ1) is 24.6. The molecule has 0 unspecified atom stereocenters. The maximum absolute atomic E-state index is 12.7. The molecule has 2 N–H and O–H groups in total. The van der Waals surface area contributed by atoms with Gasteiger partial charge >= 0.3 is 6.36 Å². The highest BCUT2D eigenvalue weighted by atomic mass is 32.2. The van der Waals surface area contributed by atoms with Crippen LogP contribution in [0.25, 0.3) is 0 Å². The van der Waals surface area contributed by atoms with Crippen LogP contribution in [0, 0.1) is 6.92 Å². The van der Waals surface area contributed by atoms with E-state index in [9.17, 15) is 21.6 Å². The van der Waals surface area contributed by atoms with Crippen LogP contribution >= 0.6 is 0 Å². The zero-order valence-corrected chi connectivity index (χ0v) is 19.7. The molecule has 1 aliphatic heterocycles. The number of rotatable bonds is 7. The summed E-state index contributed by atoms with van der Waals surface area (Å²) in [6.45, 7) is 3.71. The molecule has 1 aliphatic rings. The van der Waals surface area contributed by atoms with Gasteiger partial charge in [-0.05, 0) is 62.6 Å². The zero-order valence-electron chi connectivity index (χ0n) is 18.8. The van der Waals surface area contributed by atoms with Gasteiger partial charge in [0, 0.05) is 36.2 Å². The topological polar surface area (TPSA) is 96.4 Å². The van der Waals surface area contributed by atoms with Gasteiger partial charge in [0.15, 0.2) is 0 Å². The second kappa shape index (κ2) is 9.98. The van der Waals surface area contributed by atoms with Gasteiger partial charge in [-0.3, -0.25) is 4.72 Å². The second-order valence-corrected chi connectivity index (χ2v) is 9.70. The highest BCUT2D eigenvalue weighted by molar-refractivity contribution is 7.92. The molecule has 0 saturated carbocycles. The van der Waals surface area contributed by atoms with E-state index >= 15 is 0 Å². The summed E-state index contributed by atoms with van der Waals surface area (Å²) in [4.78, 5) is 10.7. The normalized spacial score (nSPS) is 14.5. The summed E-state index contributed by atoms with van der Waals surface area (Å²) in [5.41, 5.74) is 1.63. The lowest BCUT2D eigenvalue weighted by molar-refractivity contribution is -0.275. The molecule has 1 fully saturated rings. The monoisotopic (exact) mass is 507 g/mol. The number of para-hydroxylation sites is 1. The Kier molecular flexibility index (Phi) is 7.01. The van der Waals surface area contributed by atoms with E-state index in [2.05, 4.69) is 29.6 Å². The molecule has 0 spiro atoms. The van der Waals surface area contributed by atoms with E-state index in [1.165, 1.54) is 30.7 Å². The number of hydrogen-bond acceptors (Lipinski definition) is 7. The van der Waals surface area contributed by atoms with Crippen LogP contribution in [0.2, 0.25) is 0 Å². The lowest BCUT2D eigenvalue weighted by Crippen LogP contribution is -2.31. The van der Waals surface area contributed by atoms with Crippen molar-refractivity contribution in [1.82, 2.24) is 9.97 Å². The van der Waals surface area contributed by atoms with Crippen LogP contribution in [0.15, 0.2) is 59.5 Å². The molecule has 1 saturated heterocycles. The van der Waals surface area contributed by atoms with Crippen LogP contribution in [0.4, 0.5) is 36.3 Å². The molecule has 0 atom stereocenters. The van der Waals surface area contributed by atoms with Crippen LogP contribution in [0.3, 0.4) is 0 Å². The lowest BCUT2D eigenvalue weighted by atomic mass is 10.1. The Morgan fingerprint density at radius 2 is 1.60 bits per heavy atom. The maximum atomic E-state index is 12.7. The number of hydrogen-bond donors (Lipinski definition) is 2. The van der Waals surface area contributed by atoms with Crippen LogP contribution in [0.1, 0.15) is 25.0 Å². The Hall–Kier alpha value is -3.54. The number of nitrogens with zero attached hydrogens (tertiary/aromatic N) is 3. The largest absolute Gasteiger partial charge is 0.573 e. The van der Waals surface area contributed by atoms with Crippen molar-refractivity contribution in [2.24, 2.45) is 0 Å². The first-order chi connectivity index (χ1) is 16.6. The summed E-state index contributed by atoms with van der Waals surface area (Å²) in [7, 11) is -4.33. The smallest absolute Gasteiger partial charge is 0.404 e. The van der Waals surface area contributed by atoms with Crippen molar-refractivity contribution in [2.75, 3.05) is 28.0 Å². The Balaban J connectivity index is 1.48. The molecule has 2 aromatic carbocycles. The van der Waals surface area contributed by atoms with Gasteiger partial charge in [0.2, 0.25) is 5.95 Å². The van der Waals surface area contributed by atoms with E-state index in [0.717, 1.165) is 43.8 Å². The number of alkyl halides is 3. The fourth-order valence-corrected chi connectivity index (χ4v) is 4.90. The highest BCUT2D eigenvalue weighted by Crippen LogP contribution is 2.31. The number of piperidine rings is 1. The number of aryl methyl sites for hydroxylation is 1. The molecule has 3 aromatic rings. The molecule has 0 radical (unpaired) electrons. The lowest BCUT2D eigenvalue weighted by Gasteiger charge is -2.27. The van der Waals surface area contributed by atoms with Crippen LogP contribution in [-0.4, -0.2) is 37.8 Å². The second-order valence-electron chi connectivity index (χ2n) is 8.04. The molecular weight excluding hydrogens is 483 g/mol. The highest BCUT2D eigenvalue weighted by Gasteiger charge is 2.34. The van der Waals surface area contributed by atoms with Crippen molar-refractivity contribution < 1.29 is 26.3 Å². The van der Waals surface area contributed by atoms with Crippen molar-refractivity contribution in [3.05, 3.63) is 60.3 Å². The average Bonchev–Trinajstić information content (AvgIpc) is 2.80. The molecule has 35 heavy (non-hydrogen) atoms. The summed E-state index contributed by atoms with van der Waals surface area (Å²) in [5.74, 6) is 0.454. The first-order valence-electron chi connectivity index (χ1n) is 10.9. The Morgan fingerprint density at radius 1 is 0.943 bits per heavy atom. The van der Waals surface area contributed by atoms with Crippen molar-refractivity contribution in [1.29, 1.82) is 0 Å². The molecule has 186 valence electrons. The third-order valence-electron chi connectivity index (χ3n) is 5.26. The molecule has 2 heterocycles. The summed E-state index contributed by atoms with van der Waals surface area (Å²) in [6, 6.07) is 12.6. The summed E-state index contributed by atoms with van der Waals surface area (Å²) in [6.07, 6.45) is -1.62. The van der Waals surface area contributed by atoms with Gasteiger partial charge in [-0.15, -0.1) is 13.2 Å². The Morgan fingerprint density at radius 3 is 2.29 bits per heavy atom. The third-order valence-corrected chi connectivity index (χ3v) is 6.68. The summed E-state index contributed by atoms with van der Waals surface area (Å²) < 4.78 is 69.5. The van der Waals surface area contributed by atoms with E-state index in [1.807, 2.05) is 13.0 Å². The number of anilines is 4. The van der Waals surface area contributed by atoms with Gasteiger partial charge in [-0.2, -0.15) is 4.98 Å². The first-order valence-corrected chi connectivity index (χ1v) is 12.4. The number of aromatic nitrogens is 2. The predicted molar refractivity (Wildman–Crippen MR) is 126 cm³/mol. The number of halogens is 3. The van der Waals surface area contributed by atoms with Crippen LogP contribution in [0.5, 0.6) is 5.75 Å². The molecule has 4 rings (SSSR count). The minimum atomic E-state index is -5.02. The van der Waals surface area contributed by atoms with Gasteiger partial charge in [0.1, 0.15) is 16.5 Å². The number of nitrogens with one attached hydrogen (secondary N) is 2. The van der Waals surface area contributed by atoms with Gasteiger partial charge in [0.05, 0.1) is 0 Å². The number of benzene rings is 2. The summed E-state index contributed by atoms with van der Waals surface area (Å²) >= 11 is 0. The Labute approximate surface area is 201 Å².